The minimum Gasteiger partial charge on any atom is -0.465 e. The first kappa shape index (κ1) is 7.21. The summed E-state index contributed by atoms with van der Waals surface area (Å²) < 4.78 is 16.7. The van der Waals surface area contributed by atoms with Gasteiger partial charge in [0.1, 0.15) is 11.4 Å². The van der Waals surface area contributed by atoms with Crippen LogP contribution in [0.3, 0.4) is 0 Å². The molecule has 0 aliphatic heterocycles. The molecule has 1 radical (unpaired) electrons. The summed E-state index contributed by atoms with van der Waals surface area (Å²) in [5.41, 5.74) is -0.118. The van der Waals surface area contributed by atoms with Gasteiger partial charge in [0.05, 0.1) is 12.5 Å². The molecule has 0 saturated heterocycles. The summed E-state index contributed by atoms with van der Waals surface area (Å²) in [5, 5.41) is 3.65. The Hall–Kier alpha value is -0.900. The summed E-state index contributed by atoms with van der Waals surface area (Å²) in [6.07, 6.45) is 0. The molecule has 1 aromatic rings. The lowest BCUT2D eigenvalue weighted by molar-refractivity contribution is 0.0596. The van der Waals surface area contributed by atoms with Gasteiger partial charge in [0.2, 0.25) is 0 Å². The Balaban J connectivity index is 2.93. The topological polar surface area (TPSA) is 26.3 Å². The molecule has 1 aromatic heterocycles. The average Bonchev–Trinajstić information content (AvgIpc) is 2.34. The van der Waals surface area contributed by atoms with Gasteiger partial charge in [-0.15, -0.1) is 11.3 Å². The zero-order chi connectivity index (χ0) is 7.56. The van der Waals surface area contributed by atoms with Gasteiger partial charge in [-0.1, -0.05) is 0 Å². The number of thiophene rings is 1. The number of ether oxygens (including phenoxy) is 1. The molecule has 1 rings (SSSR count). The summed E-state index contributed by atoms with van der Waals surface area (Å²) in [5.74, 6) is -1.25. The molecular weight excluding hydrogens is 155 g/mol. The van der Waals surface area contributed by atoms with Crippen molar-refractivity contribution in [2.75, 3.05) is 7.11 Å². The van der Waals surface area contributed by atoms with E-state index in [-0.39, 0.29) is 5.56 Å². The summed E-state index contributed by atoms with van der Waals surface area (Å²) in [7, 11) is 1.20. The zero-order valence-corrected chi connectivity index (χ0v) is 6.00. The molecule has 10 heavy (non-hydrogen) atoms. The minimum atomic E-state index is -0.682. The largest absolute Gasteiger partial charge is 0.465 e. The van der Waals surface area contributed by atoms with Crippen molar-refractivity contribution in [2.45, 2.75) is 0 Å². The van der Waals surface area contributed by atoms with Crippen LogP contribution in [0.1, 0.15) is 10.4 Å². The minimum absolute atomic E-state index is 0.118. The van der Waals surface area contributed by atoms with Gasteiger partial charge in [-0.3, -0.25) is 0 Å². The molecule has 0 aromatic carbocycles. The van der Waals surface area contributed by atoms with Crippen LogP contribution in [0.25, 0.3) is 0 Å². The molecule has 53 valence electrons. The Morgan fingerprint density at radius 1 is 1.90 bits per heavy atom. The number of rotatable bonds is 1. The Morgan fingerprint density at radius 2 is 2.60 bits per heavy atom. The van der Waals surface area contributed by atoms with E-state index in [4.69, 9.17) is 0 Å². The van der Waals surface area contributed by atoms with E-state index in [1.54, 1.807) is 0 Å². The van der Waals surface area contributed by atoms with Crippen LogP contribution in [0.2, 0.25) is 0 Å². The van der Waals surface area contributed by atoms with E-state index >= 15 is 0 Å². The third-order valence-electron chi connectivity index (χ3n) is 0.952. The van der Waals surface area contributed by atoms with Crippen LogP contribution in [0.4, 0.5) is 4.39 Å². The van der Waals surface area contributed by atoms with E-state index < -0.39 is 11.8 Å². The van der Waals surface area contributed by atoms with Crippen molar-refractivity contribution < 1.29 is 13.9 Å². The van der Waals surface area contributed by atoms with Gasteiger partial charge >= 0.3 is 5.97 Å². The first-order valence-electron chi connectivity index (χ1n) is 2.48. The fourth-order valence-corrected chi connectivity index (χ4v) is 1.07. The maximum Gasteiger partial charge on any atom is 0.342 e. The molecule has 0 N–H and O–H groups in total. The van der Waals surface area contributed by atoms with Crippen LogP contribution >= 0.6 is 11.3 Å². The smallest absolute Gasteiger partial charge is 0.342 e. The molecule has 0 saturated carbocycles. The van der Waals surface area contributed by atoms with Crippen LogP contribution in [0, 0.1) is 11.2 Å². The van der Waals surface area contributed by atoms with Crippen molar-refractivity contribution in [3.63, 3.8) is 0 Å². The zero-order valence-electron chi connectivity index (χ0n) is 5.18. The first-order chi connectivity index (χ1) is 4.75. The Morgan fingerprint density at radius 3 is 3.00 bits per heavy atom. The lowest BCUT2D eigenvalue weighted by Crippen LogP contribution is -2.01. The highest BCUT2D eigenvalue weighted by Crippen LogP contribution is 2.12. The van der Waals surface area contributed by atoms with Crippen LogP contribution in [0.5, 0.6) is 0 Å². The quantitative estimate of drug-likeness (QED) is 0.580. The van der Waals surface area contributed by atoms with Gasteiger partial charge in [-0.2, -0.15) is 0 Å². The summed E-state index contributed by atoms with van der Waals surface area (Å²) in [4.78, 5) is 10.6. The molecule has 0 bridgehead atoms. The predicted octanol–water partition coefficient (Wildman–Crippen LogP) is 1.47. The number of esters is 1. The van der Waals surface area contributed by atoms with Gasteiger partial charge in [0.15, 0.2) is 0 Å². The second-order valence-corrected chi connectivity index (χ2v) is 2.23. The summed E-state index contributed by atoms with van der Waals surface area (Å²) in [6, 6.07) is 0. The number of hydrogen-bond acceptors (Lipinski definition) is 3. The lowest BCUT2D eigenvalue weighted by atomic mass is 10.3. The van der Waals surface area contributed by atoms with E-state index in [2.05, 4.69) is 10.1 Å². The summed E-state index contributed by atoms with van der Waals surface area (Å²) >= 11 is 1.01. The number of carbonyl (C=O) groups excluding carboxylic acids is 1. The maximum absolute atomic E-state index is 12.5. The standard InChI is InChI=1S/C6H4FO2S/c1-9-6(8)4-2-10-3-5(4)7/h3H,1H3. The average molecular weight is 159 g/mol. The van der Waals surface area contributed by atoms with Crippen molar-refractivity contribution in [2.24, 2.45) is 0 Å². The van der Waals surface area contributed by atoms with Gasteiger partial charge in [-0.05, 0) is 0 Å². The number of hydrogen-bond donors (Lipinski definition) is 0. The molecular formula is C6H4FO2S. The predicted molar refractivity (Wildman–Crippen MR) is 34.5 cm³/mol. The van der Waals surface area contributed by atoms with E-state index in [0.29, 0.717) is 0 Å². The Bertz CT molecular complexity index is 244. The third kappa shape index (κ3) is 1.16. The van der Waals surface area contributed by atoms with E-state index in [0.717, 1.165) is 11.3 Å². The lowest BCUT2D eigenvalue weighted by Gasteiger charge is -1.92. The van der Waals surface area contributed by atoms with Crippen LogP contribution in [-0.2, 0) is 4.74 Å². The molecule has 0 amide bonds. The Kier molecular flexibility index (Phi) is 2.01. The van der Waals surface area contributed by atoms with Gasteiger partial charge in [-0.25, -0.2) is 9.18 Å². The molecule has 0 spiro atoms. The highest BCUT2D eigenvalue weighted by molar-refractivity contribution is 7.07. The maximum atomic E-state index is 12.5. The van der Waals surface area contributed by atoms with Crippen LogP contribution < -0.4 is 0 Å². The molecule has 4 heteroatoms. The van der Waals surface area contributed by atoms with Gasteiger partial charge < -0.3 is 4.74 Å². The van der Waals surface area contributed by atoms with Crippen LogP contribution in [0.15, 0.2) is 5.38 Å². The van der Waals surface area contributed by atoms with Crippen molar-refractivity contribution in [1.29, 1.82) is 0 Å². The molecule has 2 nitrogen and oxygen atoms in total. The molecule has 0 atom stereocenters. The number of methoxy groups -OCH3 is 1. The second kappa shape index (κ2) is 2.79. The molecule has 0 unspecified atom stereocenters. The third-order valence-corrected chi connectivity index (χ3v) is 1.60. The normalized spacial score (nSPS) is 9.40. The van der Waals surface area contributed by atoms with E-state index in [9.17, 15) is 9.18 Å². The molecule has 0 aliphatic carbocycles. The van der Waals surface area contributed by atoms with Crippen molar-refractivity contribution >= 4 is 17.3 Å². The Labute approximate surface area is 61.2 Å². The highest BCUT2D eigenvalue weighted by Gasteiger charge is 2.12. The number of halogens is 1. The first-order valence-corrected chi connectivity index (χ1v) is 3.36. The molecule has 0 fully saturated rings. The van der Waals surface area contributed by atoms with Gasteiger partial charge in [0.25, 0.3) is 0 Å². The molecule has 0 aliphatic rings. The number of carbonyl (C=O) groups is 1. The fraction of sp³-hybridized carbons (Fsp3) is 0.167. The fourth-order valence-electron chi connectivity index (χ4n) is 0.489. The van der Waals surface area contributed by atoms with Crippen molar-refractivity contribution in [3.05, 3.63) is 22.1 Å². The monoisotopic (exact) mass is 159 g/mol. The van der Waals surface area contributed by atoms with E-state index in [1.807, 2.05) is 0 Å². The van der Waals surface area contributed by atoms with E-state index in [1.165, 1.54) is 12.5 Å². The second-order valence-electron chi connectivity index (χ2n) is 1.55. The van der Waals surface area contributed by atoms with Gasteiger partial charge in [0, 0.05) is 5.38 Å². The SMILES string of the molecule is COC(=O)c1[c]scc1F. The summed E-state index contributed by atoms with van der Waals surface area (Å²) in [6.45, 7) is 0. The van der Waals surface area contributed by atoms with Crippen molar-refractivity contribution in [1.82, 2.24) is 0 Å². The molecule has 1 heterocycles. The van der Waals surface area contributed by atoms with Crippen LogP contribution in [-0.4, -0.2) is 13.1 Å². The highest BCUT2D eigenvalue weighted by atomic mass is 32.1. The van der Waals surface area contributed by atoms with Crippen molar-refractivity contribution in [3.8, 4) is 0 Å².